The summed E-state index contributed by atoms with van der Waals surface area (Å²) in [6.45, 7) is 5.76. The Balaban J connectivity index is 2.45. The Morgan fingerprint density at radius 3 is 2.81 bits per heavy atom. The van der Waals surface area contributed by atoms with Crippen molar-refractivity contribution >= 4 is 16.9 Å². The Hall–Kier alpha value is -1.71. The third-order valence-corrected chi connectivity index (χ3v) is 2.48. The summed E-state index contributed by atoms with van der Waals surface area (Å²) in [7, 11) is 0. The van der Waals surface area contributed by atoms with Crippen molar-refractivity contribution in [3.8, 4) is 0 Å². The highest BCUT2D eigenvalue weighted by Crippen LogP contribution is 2.16. The molecule has 4 heteroatoms. The summed E-state index contributed by atoms with van der Waals surface area (Å²) in [5, 5.41) is 0. The number of hydrogen-bond donors (Lipinski definition) is 0. The van der Waals surface area contributed by atoms with Crippen molar-refractivity contribution in [3.05, 3.63) is 24.2 Å². The SMILES string of the molecule is CC(=O)Cc1cnc2c(c1)ncn2C(C)C. The molecule has 2 heterocycles. The maximum Gasteiger partial charge on any atom is 0.160 e. The Bertz CT molecular complexity index is 528. The van der Waals surface area contributed by atoms with Gasteiger partial charge in [-0.15, -0.1) is 0 Å². The van der Waals surface area contributed by atoms with E-state index in [0.29, 0.717) is 12.5 Å². The number of pyridine rings is 1. The van der Waals surface area contributed by atoms with E-state index in [9.17, 15) is 4.79 Å². The fourth-order valence-electron chi connectivity index (χ4n) is 1.72. The van der Waals surface area contributed by atoms with Crippen LogP contribution in [0.2, 0.25) is 0 Å². The number of hydrogen-bond acceptors (Lipinski definition) is 3. The highest BCUT2D eigenvalue weighted by molar-refractivity contribution is 5.80. The molecule has 0 saturated carbocycles. The number of ketones is 1. The molecule has 0 aliphatic rings. The molecule has 0 aliphatic heterocycles. The van der Waals surface area contributed by atoms with E-state index in [0.717, 1.165) is 16.7 Å². The second-order valence-corrected chi connectivity index (χ2v) is 4.31. The summed E-state index contributed by atoms with van der Waals surface area (Å²) in [4.78, 5) is 19.7. The first-order chi connectivity index (χ1) is 7.58. The quantitative estimate of drug-likeness (QED) is 0.791. The molecule has 2 aromatic rings. The van der Waals surface area contributed by atoms with Crippen LogP contribution in [0.4, 0.5) is 0 Å². The van der Waals surface area contributed by atoms with Crippen molar-refractivity contribution in [2.24, 2.45) is 0 Å². The van der Waals surface area contributed by atoms with Crippen LogP contribution in [0.15, 0.2) is 18.6 Å². The molecular formula is C12H15N3O. The van der Waals surface area contributed by atoms with E-state index in [4.69, 9.17) is 0 Å². The molecule has 0 aromatic carbocycles. The first kappa shape index (κ1) is 10.8. The monoisotopic (exact) mass is 217 g/mol. The number of Topliss-reactive ketones (excluding diaryl/α,β-unsaturated/α-hetero) is 1. The summed E-state index contributed by atoms with van der Waals surface area (Å²) < 4.78 is 2.02. The average Bonchev–Trinajstić information content (AvgIpc) is 2.59. The van der Waals surface area contributed by atoms with E-state index in [2.05, 4.69) is 23.8 Å². The molecule has 0 saturated heterocycles. The highest BCUT2D eigenvalue weighted by atomic mass is 16.1. The van der Waals surface area contributed by atoms with E-state index in [1.807, 2.05) is 10.6 Å². The fourth-order valence-corrected chi connectivity index (χ4v) is 1.72. The van der Waals surface area contributed by atoms with Crippen LogP contribution in [0.1, 0.15) is 32.4 Å². The van der Waals surface area contributed by atoms with Gasteiger partial charge >= 0.3 is 0 Å². The van der Waals surface area contributed by atoms with Gasteiger partial charge in [0.05, 0.1) is 6.33 Å². The number of nitrogens with zero attached hydrogens (tertiary/aromatic N) is 3. The maximum absolute atomic E-state index is 11.0. The number of fused-ring (bicyclic) bond motifs is 1. The molecule has 0 aliphatic carbocycles. The molecule has 4 nitrogen and oxygen atoms in total. The van der Waals surface area contributed by atoms with Crippen LogP contribution in [-0.2, 0) is 11.2 Å². The van der Waals surface area contributed by atoms with Gasteiger partial charge in [0.1, 0.15) is 11.3 Å². The molecule has 16 heavy (non-hydrogen) atoms. The van der Waals surface area contributed by atoms with E-state index < -0.39 is 0 Å². The lowest BCUT2D eigenvalue weighted by Gasteiger charge is -2.06. The minimum atomic E-state index is 0.143. The Labute approximate surface area is 94.3 Å². The normalized spacial score (nSPS) is 11.2. The number of carbonyl (C=O) groups is 1. The lowest BCUT2D eigenvalue weighted by molar-refractivity contribution is -0.116. The molecular weight excluding hydrogens is 202 g/mol. The minimum absolute atomic E-state index is 0.143. The second kappa shape index (κ2) is 4.04. The van der Waals surface area contributed by atoms with Crippen molar-refractivity contribution in [3.63, 3.8) is 0 Å². The van der Waals surface area contributed by atoms with E-state index in [1.54, 1.807) is 19.4 Å². The molecule has 0 radical (unpaired) electrons. The predicted octanol–water partition coefficient (Wildman–Crippen LogP) is 2.14. The number of imidazole rings is 1. The Morgan fingerprint density at radius 1 is 1.44 bits per heavy atom. The van der Waals surface area contributed by atoms with Gasteiger partial charge in [0.2, 0.25) is 0 Å². The Kier molecular flexibility index (Phi) is 2.73. The van der Waals surface area contributed by atoms with Gasteiger partial charge in [-0.25, -0.2) is 9.97 Å². The van der Waals surface area contributed by atoms with Gasteiger partial charge in [-0.3, -0.25) is 4.79 Å². The molecule has 0 spiro atoms. The van der Waals surface area contributed by atoms with Gasteiger partial charge in [0.25, 0.3) is 0 Å². The molecule has 2 aromatic heterocycles. The molecule has 0 bridgehead atoms. The predicted molar refractivity (Wildman–Crippen MR) is 62.3 cm³/mol. The zero-order valence-corrected chi connectivity index (χ0v) is 9.77. The van der Waals surface area contributed by atoms with Crippen molar-refractivity contribution in [2.75, 3.05) is 0 Å². The third-order valence-electron chi connectivity index (χ3n) is 2.48. The van der Waals surface area contributed by atoms with Crippen LogP contribution in [0.25, 0.3) is 11.2 Å². The number of rotatable bonds is 3. The zero-order chi connectivity index (χ0) is 11.7. The highest BCUT2D eigenvalue weighted by Gasteiger charge is 2.08. The first-order valence-corrected chi connectivity index (χ1v) is 5.39. The topological polar surface area (TPSA) is 47.8 Å². The summed E-state index contributed by atoms with van der Waals surface area (Å²) >= 11 is 0. The maximum atomic E-state index is 11.0. The second-order valence-electron chi connectivity index (χ2n) is 4.31. The first-order valence-electron chi connectivity index (χ1n) is 5.39. The summed E-state index contributed by atoms with van der Waals surface area (Å²) in [5.41, 5.74) is 2.66. The molecule has 0 amide bonds. The van der Waals surface area contributed by atoms with Gasteiger partial charge < -0.3 is 4.57 Å². The van der Waals surface area contributed by atoms with Crippen LogP contribution < -0.4 is 0 Å². The summed E-state index contributed by atoms with van der Waals surface area (Å²) in [6.07, 6.45) is 3.97. The Morgan fingerprint density at radius 2 is 2.19 bits per heavy atom. The van der Waals surface area contributed by atoms with E-state index in [-0.39, 0.29) is 5.78 Å². The lowest BCUT2D eigenvalue weighted by atomic mass is 10.1. The minimum Gasteiger partial charge on any atom is -0.313 e. The summed E-state index contributed by atoms with van der Waals surface area (Å²) in [5.74, 6) is 0.143. The van der Waals surface area contributed by atoms with Gasteiger partial charge in [0.15, 0.2) is 5.65 Å². The molecule has 0 fully saturated rings. The fraction of sp³-hybridized carbons (Fsp3) is 0.417. The molecule has 0 unspecified atom stereocenters. The van der Waals surface area contributed by atoms with Gasteiger partial charge in [-0.05, 0) is 32.4 Å². The number of aromatic nitrogens is 3. The van der Waals surface area contributed by atoms with Gasteiger partial charge in [0, 0.05) is 18.7 Å². The van der Waals surface area contributed by atoms with Crippen LogP contribution >= 0.6 is 0 Å². The smallest absolute Gasteiger partial charge is 0.160 e. The third kappa shape index (κ3) is 1.96. The molecule has 84 valence electrons. The van der Waals surface area contributed by atoms with Crippen molar-refractivity contribution in [1.29, 1.82) is 0 Å². The van der Waals surface area contributed by atoms with Crippen LogP contribution in [-0.4, -0.2) is 20.3 Å². The van der Waals surface area contributed by atoms with Crippen molar-refractivity contribution in [1.82, 2.24) is 14.5 Å². The lowest BCUT2D eigenvalue weighted by Crippen LogP contribution is -2.01. The average molecular weight is 217 g/mol. The molecule has 2 rings (SSSR count). The van der Waals surface area contributed by atoms with Crippen molar-refractivity contribution < 1.29 is 4.79 Å². The zero-order valence-electron chi connectivity index (χ0n) is 9.77. The standard InChI is InChI=1S/C12H15N3O/c1-8(2)15-7-14-11-5-10(4-9(3)16)6-13-12(11)15/h5-8H,4H2,1-3H3. The summed E-state index contributed by atoms with van der Waals surface area (Å²) in [6, 6.07) is 2.28. The van der Waals surface area contributed by atoms with Crippen LogP contribution in [0.3, 0.4) is 0 Å². The van der Waals surface area contributed by atoms with Crippen LogP contribution in [0, 0.1) is 0 Å². The van der Waals surface area contributed by atoms with Gasteiger partial charge in [-0.2, -0.15) is 0 Å². The molecule has 0 N–H and O–H groups in total. The van der Waals surface area contributed by atoms with E-state index in [1.165, 1.54) is 0 Å². The van der Waals surface area contributed by atoms with Crippen molar-refractivity contribution in [2.45, 2.75) is 33.2 Å². The van der Waals surface area contributed by atoms with E-state index >= 15 is 0 Å². The largest absolute Gasteiger partial charge is 0.313 e. The van der Waals surface area contributed by atoms with Gasteiger partial charge in [-0.1, -0.05) is 0 Å². The molecule has 0 atom stereocenters. The number of carbonyl (C=O) groups excluding carboxylic acids is 1. The van der Waals surface area contributed by atoms with Crippen LogP contribution in [0.5, 0.6) is 0 Å².